The predicted octanol–water partition coefficient (Wildman–Crippen LogP) is 1.88. The van der Waals surface area contributed by atoms with Crippen molar-refractivity contribution in [2.45, 2.75) is 31.7 Å². The highest BCUT2D eigenvalue weighted by Crippen LogP contribution is 2.22. The van der Waals surface area contributed by atoms with Gasteiger partial charge in [0.25, 0.3) is 0 Å². The van der Waals surface area contributed by atoms with Crippen molar-refractivity contribution in [3.63, 3.8) is 0 Å². The smallest absolute Gasteiger partial charge is 0.225 e. The molecule has 142 valence electrons. The fourth-order valence-corrected chi connectivity index (χ4v) is 3.52. The minimum Gasteiger partial charge on any atom is -0.365 e. The van der Waals surface area contributed by atoms with Crippen LogP contribution in [0, 0.1) is 0 Å². The second-order valence-corrected chi connectivity index (χ2v) is 6.38. The number of halogens is 2. The van der Waals surface area contributed by atoms with Crippen molar-refractivity contribution in [2.75, 3.05) is 36.4 Å². The van der Waals surface area contributed by atoms with E-state index in [9.17, 15) is 0 Å². The van der Waals surface area contributed by atoms with Gasteiger partial charge in [0.2, 0.25) is 5.95 Å². The minimum atomic E-state index is 0. The lowest BCUT2D eigenvalue weighted by Gasteiger charge is -2.33. The maximum atomic E-state index is 4.53. The molecule has 2 aromatic heterocycles. The second-order valence-electron chi connectivity index (χ2n) is 6.38. The zero-order valence-corrected chi connectivity index (χ0v) is 16.2. The molecule has 2 aliphatic rings. The topological polar surface area (TPSA) is 78.9 Å². The molecular formula is C17H25Cl2N7. The van der Waals surface area contributed by atoms with Crippen LogP contribution in [0.2, 0.25) is 0 Å². The van der Waals surface area contributed by atoms with Crippen LogP contribution in [0.5, 0.6) is 0 Å². The SMILES string of the molecule is Cl.Cl.c1cnc(N2CCCC(Nc3ncnc4c3CCNCC4)C2)nc1. The Hall–Kier alpha value is -1.70. The minimum absolute atomic E-state index is 0. The summed E-state index contributed by atoms with van der Waals surface area (Å²) in [5, 5.41) is 7.09. The summed E-state index contributed by atoms with van der Waals surface area (Å²) in [6.45, 7) is 3.89. The molecule has 1 saturated heterocycles. The molecule has 2 aliphatic heterocycles. The number of hydrogen-bond donors (Lipinski definition) is 2. The van der Waals surface area contributed by atoms with E-state index in [1.807, 2.05) is 6.07 Å². The van der Waals surface area contributed by atoms with Crippen molar-refractivity contribution < 1.29 is 0 Å². The van der Waals surface area contributed by atoms with Gasteiger partial charge in [0, 0.05) is 50.1 Å². The third kappa shape index (κ3) is 4.72. The number of rotatable bonds is 3. The van der Waals surface area contributed by atoms with E-state index in [1.165, 1.54) is 11.3 Å². The van der Waals surface area contributed by atoms with Crippen LogP contribution in [0.15, 0.2) is 24.8 Å². The first-order valence-electron chi connectivity index (χ1n) is 8.72. The van der Waals surface area contributed by atoms with E-state index < -0.39 is 0 Å². The van der Waals surface area contributed by atoms with Gasteiger partial charge in [-0.1, -0.05) is 0 Å². The number of anilines is 2. The molecule has 0 saturated carbocycles. The third-order valence-electron chi connectivity index (χ3n) is 4.72. The molecule has 0 aliphatic carbocycles. The summed E-state index contributed by atoms with van der Waals surface area (Å²) in [5.74, 6) is 1.82. The molecule has 2 N–H and O–H groups in total. The molecule has 9 heteroatoms. The van der Waals surface area contributed by atoms with Crippen molar-refractivity contribution in [3.8, 4) is 0 Å². The highest BCUT2D eigenvalue weighted by Gasteiger charge is 2.23. The van der Waals surface area contributed by atoms with E-state index in [2.05, 4.69) is 35.5 Å². The van der Waals surface area contributed by atoms with E-state index in [4.69, 9.17) is 0 Å². The molecule has 0 amide bonds. The molecule has 1 fully saturated rings. The van der Waals surface area contributed by atoms with Crippen LogP contribution in [0.1, 0.15) is 24.1 Å². The Morgan fingerprint density at radius 3 is 2.69 bits per heavy atom. The lowest BCUT2D eigenvalue weighted by atomic mass is 10.0. The Morgan fingerprint density at radius 1 is 1.04 bits per heavy atom. The summed E-state index contributed by atoms with van der Waals surface area (Å²) < 4.78 is 0. The molecule has 0 spiro atoms. The number of hydrogen-bond acceptors (Lipinski definition) is 7. The van der Waals surface area contributed by atoms with Crippen LogP contribution in [-0.2, 0) is 12.8 Å². The average molecular weight is 398 g/mol. The third-order valence-corrected chi connectivity index (χ3v) is 4.72. The molecule has 4 rings (SSSR count). The molecule has 2 aromatic rings. The van der Waals surface area contributed by atoms with Gasteiger partial charge in [-0.3, -0.25) is 0 Å². The molecule has 1 unspecified atom stereocenters. The Morgan fingerprint density at radius 2 is 1.85 bits per heavy atom. The maximum Gasteiger partial charge on any atom is 0.225 e. The molecule has 0 aromatic carbocycles. The summed E-state index contributed by atoms with van der Waals surface area (Å²) in [6.07, 6.45) is 9.52. The molecule has 4 heterocycles. The van der Waals surface area contributed by atoms with Crippen molar-refractivity contribution in [1.29, 1.82) is 0 Å². The first-order chi connectivity index (χ1) is 11.9. The van der Waals surface area contributed by atoms with Gasteiger partial charge in [-0.2, -0.15) is 0 Å². The molecule has 1 atom stereocenters. The predicted molar refractivity (Wildman–Crippen MR) is 108 cm³/mol. The number of nitrogens with zero attached hydrogens (tertiary/aromatic N) is 5. The lowest BCUT2D eigenvalue weighted by molar-refractivity contribution is 0.521. The highest BCUT2D eigenvalue weighted by molar-refractivity contribution is 5.85. The maximum absolute atomic E-state index is 4.53. The van der Waals surface area contributed by atoms with Crippen LogP contribution >= 0.6 is 24.8 Å². The summed E-state index contributed by atoms with van der Waals surface area (Å²) in [7, 11) is 0. The lowest BCUT2D eigenvalue weighted by Crippen LogP contribution is -2.43. The first-order valence-corrected chi connectivity index (χ1v) is 8.72. The summed E-state index contributed by atoms with van der Waals surface area (Å²) in [5.41, 5.74) is 2.45. The van der Waals surface area contributed by atoms with Crippen LogP contribution in [-0.4, -0.2) is 52.2 Å². The molecular weight excluding hydrogens is 373 g/mol. The van der Waals surface area contributed by atoms with Gasteiger partial charge in [-0.25, -0.2) is 19.9 Å². The molecule has 0 radical (unpaired) electrons. The van der Waals surface area contributed by atoms with Gasteiger partial charge in [-0.15, -0.1) is 24.8 Å². The number of piperidine rings is 1. The zero-order chi connectivity index (χ0) is 16.2. The molecule has 7 nitrogen and oxygen atoms in total. The van der Waals surface area contributed by atoms with E-state index in [0.717, 1.165) is 63.6 Å². The summed E-state index contributed by atoms with van der Waals surface area (Å²) in [6, 6.07) is 2.21. The number of fused-ring (bicyclic) bond motifs is 1. The van der Waals surface area contributed by atoms with Crippen molar-refractivity contribution >= 4 is 36.6 Å². The van der Waals surface area contributed by atoms with E-state index in [0.29, 0.717) is 6.04 Å². The number of aromatic nitrogens is 4. The highest BCUT2D eigenvalue weighted by atomic mass is 35.5. The summed E-state index contributed by atoms with van der Waals surface area (Å²) >= 11 is 0. The normalized spacial score (nSPS) is 19.4. The van der Waals surface area contributed by atoms with Crippen molar-refractivity contribution in [3.05, 3.63) is 36.0 Å². The quantitative estimate of drug-likeness (QED) is 0.817. The van der Waals surface area contributed by atoms with Crippen molar-refractivity contribution in [1.82, 2.24) is 25.3 Å². The Kier molecular flexibility index (Phi) is 7.81. The Balaban J connectivity index is 0.00000121. The van der Waals surface area contributed by atoms with Gasteiger partial charge in [0.05, 0.1) is 5.69 Å². The van der Waals surface area contributed by atoms with Gasteiger partial charge in [0.1, 0.15) is 12.1 Å². The van der Waals surface area contributed by atoms with E-state index in [-0.39, 0.29) is 24.8 Å². The van der Waals surface area contributed by atoms with E-state index in [1.54, 1.807) is 18.7 Å². The fourth-order valence-electron chi connectivity index (χ4n) is 3.52. The monoisotopic (exact) mass is 397 g/mol. The molecule has 0 bridgehead atoms. The Bertz CT molecular complexity index is 686. The van der Waals surface area contributed by atoms with Crippen LogP contribution in [0.3, 0.4) is 0 Å². The zero-order valence-electron chi connectivity index (χ0n) is 14.6. The van der Waals surface area contributed by atoms with Crippen molar-refractivity contribution in [2.24, 2.45) is 0 Å². The first kappa shape index (κ1) is 20.6. The number of nitrogens with one attached hydrogen (secondary N) is 2. The van der Waals surface area contributed by atoms with Crippen LogP contribution < -0.4 is 15.5 Å². The fraction of sp³-hybridized carbons (Fsp3) is 0.529. The average Bonchev–Trinajstić information content (AvgIpc) is 2.89. The van der Waals surface area contributed by atoms with E-state index >= 15 is 0 Å². The van der Waals surface area contributed by atoms with Gasteiger partial charge in [-0.05, 0) is 31.9 Å². The standard InChI is InChI=1S/C17H23N7.2ClH/c1-3-13(11-24(10-1)17-19-6-2-7-20-17)23-16-14-4-8-18-9-5-15(14)21-12-22-16;;/h2,6-7,12-13,18H,1,3-5,8-11H2,(H,21,22,23);2*1H. The van der Waals surface area contributed by atoms with Gasteiger partial charge < -0.3 is 15.5 Å². The van der Waals surface area contributed by atoms with Crippen LogP contribution in [0.25, 0.3) is 0 Å². The largest absolute Gasteiger partial charge is 0.365 e. The second kappa shape index (κ2) is 9.85. The van der Waals surface area contributed by atoms with Crippen LogP contribution in [0.4, 0.5) is 11.8 Å². The molecule has 26 heavy (non-hydrogen) atoms. The van der Waals surface area contributed by atoms with Gasteiger partial charge >= 0.3 is 0 Å². The summed E-state index contributed by atoms with van der Waals surface area (Å²) in [4.78, 5) is 20.0. The Labute approximate surface area is 166 Å². The van der Waals surface area contributed by atoms with Gasteiger partial charge in [0.15, 0.2) is 0 Å².